The highest BCUT2D eigenvalue weighted by Crippen LogP contribution is 2.47. The van der Waals surface area contributed by atoms with Crippen molar-refractivity contribution in [2.24, 2.45) is 5.92 Å². The Morgan fingerprint density at radius 2 is 1.82 bits per heavy atom. The molecule has 1 aliphatic heterocycles. The van der Waals surface area contributed by atoms with E-state index < -0.39 is 11.6 Å². The van der Waals surface area contributed by atoms with Gasteiger partial charge in [0, 0.05) is 30.4 Å². The van der Waals surface area contributed by atoms with Crippen LogP contribution in [-0.4, -0.2) is 63.0 Å². The minimum absolute atomic E-state index is 0.237. The fourth-order valence-electron chi connectivity index (χ4n) is 7.08. The first-order valence-electron chi connectivity index (χ1n) is 15.5. The van der Waals surface area contributed by atoms with E-state index in [1.54, 1.807) is 6.07 Å². The highest BCUT2D eigenvalue weighted by Gasteiger charge is 2.45. The van der Waals surface area contributed by atoms with Crippen LogP contribution in [0.5, 0.6) is 0 Å². The van der Waals surface area contributed by atoms with E-state index in [-0.39, 0.29) is 6.10 Å². The molecule has 0 radical (unpaired) electrons. The average molecular weight is 629 g/mol. The Bertz CT molecular complexity index is 1640. The molecular formula is C34H36N4O4S2. The summed E-state index contributed by atoms with van der Waals surface area (Å²) in [5.41, 5.74) is 2.15. The van der Waals surface area contributed by atoms with Gasteiger partial charge < -0.3 is 14.7 Å². The third kappa shape index (κ3) is 5.49. The van der Waals surface area contributed by atoms with Gasteiger partial charge in [-0.05, 0) is 85.4 Å². The molecule has 44 heavy (non-hydrogen) atoms. The molecule has 0 bridgehead atoms. The summed E-state index contributed by atoms with van der Waals surface area (Å²) in [7, 11) is 0. The number of ether oxygens (including phenoxy) is 1. The number of hydrogen-bond donors (Lipinski definition) is 1. The first-order chi connectivity index (χ1) is 21.5. The molecule has 1 saturated carbocycles. The van der Waals surface area contributed by atoms with Gasteiger partial charge in [-0.3, -0.25) is 4.79 Å². The van der Waals surface area contributed by atoms with Crippen molar-refractivity contribution in [2.75, 3.05) is 19.6 Å². The van der Waals surface area contributed by atoms with Crippen LogP contribution in [0.2, 0.25) is 0 Å². The van der Waals surface area contributed by atoms with Gasteiger partial charge in [0.15, 0.2) is 0 Å². The summed E-state index contributed by atoms with van der Waals surface area (Å²) < 4.78 is 8.09. The third-order valence-electron chi connectivity index (χ3n) is 9.38. The Morgan fingerprint density at radius 1 is 1.00 bits per heavy atom. The topological polar surface area (TPSA) is 97.5 Å². The van der Waals surface area contributed by atoms with Crippen LogP contribution in [-0.2, 0) is 26.5 Å². The maximum absolute atomic E-state index is 13.7. The monoisotopic (exact) mass is 628 g/mol. The molecular weight excluding hydrogens is 593 g/mol. The van der Waals surface area contributed by atoms with Crippen molar-refractivity contribution in [3.05, 3.63) is 86.7 Å². The fourth-order valence-corrected chi connectivity index (χ4v) is 9.08. The lowest BCUT2D eigenvalue weighted by atomic mass is 9.81. The molecule has 3 atom stereocenters. The summed E-state index contributed by atoms with van der Waals surface area (Å²) in [6.07, 6.45) is 8.39. The number of aliphatic hydroxyl groups is 1. The number of piperidine rings is 1. The van der Waals surface area contributed by atoms with Gasteiger partial charge in [-0.2, -0.15) is 0 Å². The molecule has 2 fully saturated rings. The summed E-state index contributed by atoms with van der Waals surface area (Å²) in [4.78, 5) is 29.8. The number of esters is 1. The number of aldehydes is 1. The quantitative estimate of drug-likeness (QED) is 0.173. The lowest BCUT2D eigenvalue weighted by Gasteiger charge is -2.33. The largest absolute Gasteiger partial charge is 0.460 e. The summed E-state index contributed by atoms with van der Waals surface area (Å²) in [5.74, 6) is 0.0533. The molecule has 8 nitrogen and oxygen atoms in total. The van der Waals surface area contributed by atoms with E-state index in [9.17, 15) is 14.7 Å². The van der Waals surface area contributed by atoms with Gasteiger partial charge in [0.05, 0.1) is 15.4 Å². The molecule has 228 valence electrons. The maximum atomic E-state index is 13.7. The smallest absolute Gasteiger partial charge is 0.349 e. The molecule has 3 aliphatic rings. The van der Waals surface area contributed by atoms with Crippen LogP contribution in [0.4, 0.5) is 0 Å². The summed E-state index contributed by atoms with van der Waals surface area (Å²) in [5, 5.41) is 22.6. The van der Waals surface area contributed by atoms with Crippen molar-refractivity contribution in [1.82, 2.24) is 19.9 Å². The average Bonchev–Trinajstić information content (AvgIpc) is 3.88. The SMILES string of the molecule is O=CC1=Cc2nnn(CCCN3CCC(OC(=O)[C@@](O)(c4cccs4)c4ccc(-c5ccccc5)s4)CC3)c2C2CCCC12. The lowest BCUT2D eigenvalue weighted by Crippen LogP contribution is -2.43. The summed E-state index contributed by atoms with van der Waals surface area (Å²) >= 11 is 2.78. The van der Waals surface area contributed by atoms with Gasteiger partial charge in [-0.1, -0.05) is 48.0 Å². The van der Waals surface area contributed by atoms with Gasteiger partial charge in [0.25, 0.3) is 0 Å². The Balaban J connectivity index is 0.952. The number of likely N-dealkylation sites (tertiary alicyclic amines) is 1. The molecule has 4 aromatic rings. The lowest BCUT2D eigenvalue weighted by molar-refractivity contribution is -0.169. The Hall–Kier alpha value is -3.44. The van der Waals surface area contributed by atoms with Gasteiger partial charge in [0.1, 0.15) is 18.1 Å². The van der Waals surface area contributed by atoms with Crippen LogP contribution in [0.3, 0.4) is 0 Å². The number of allylic oxidation sites excluding steroid dienone is 1. The molecule has 1 aromatic carbocycles. The zero-order valence-corrected chi connectivity index (χ0v) is 26.1. The predicted molar refractivity (Wildman–Crippen MR) is 171 cm³/mol. The normalized spacial score (nSPS) is 21.7. The number of rotatable bonds is 10. The van der Waals surface area contributed by atoms with E-state index in [0.717, 1.165) is 92.7 Å². The van der Waals surface area contributed by atoms with Crippen LogP contribution in [0.15, 0.2) is 65.6 Å². The summed E-state index contributed by atoms with van der Waals surface area (Å²) in [6.45, 7) is 3.38. The number of carbonyl (C=O) groups is 2. The minimum Gasteiger partial charge on any atom is -0.460 e. The Morgan fingerprint density at radius 3 is 2.59 bits per heavy atom. The van der Waals surface area contributed by atoms with Crippen molar-refractivity contribution in [2.45, 2.75) is 62.7 Å². The van der Waals surface area contributed by atoms with Crippen LogP contribution in [0, 0.1) is 5.92 Å². The van der Waals surface area contributed by atoms with Crippen molar-refractivity contribution in [3.8, 4) is 10.4 Å². The molecule has 4 heterocycles. The van der Waals surface area contributed by atoms with E-state index >= 15 is 0 Å². The highest BCUT2D eigenvalue weighted by atomic mass is 32.1. The second-order valence-corrected chi connectivity index (χ2v) is 14.0. The molecule has 0 spiro atoms. The van der Waals surface area contributed by atoms with Gasteiger partial charge in [-0.25, -0.2) is 9.48 Å². The first-order valence-corrected chi connectivity index (χ1v) is 17.2. The molecule has 2 unspecified atom stereocenters. The van der Waals surface area contributed by atoms with Gasteiger partial charge >= 0.3 is 5.97 Å². The fraction of sp³-hybridized carbons (Fsp3) is 0.412. The highest BCUT2D eigenvalue weighted by molar-refractivity contribution is 7.16. The Kier molecular flexibility index (Phi) is 8.33. The van der Waals surface area contributed by atoms with E-state index in [2.05, 4.69) is 19.9 Å². The summed E-state index contributed by atoms with van der Waals surface area (Å²) in [6, 6.07) is 17.4. The number of carbonyl (C=O) groups excluding carboxylic acids is 2. The standard InChI is InChI=1S/C34H36N4O4S2/c39-22-24-21-28-32(27-10-4-9-26(24)27)38(36-35-28)17-6-16-37-18-14-25(15-19-37)42-33(40)34(41,30-11-5-20-43-30)31-13-12-29(44-31)23-7-2-1-3-8-23/h1-3,5,7-8,11-13,20-22,25-27,41H,4,6,9-10,14-19H2/t26?,27?,34-/m1/s1. The molecule has 1 saturated heterocycles. The van der Waals surface area contributed by atoms with E-state index in [1.165, 1.54) is 28.4 Å². The van der Waals surface area contributed by atoms with Gasteiger partial charge in [0.2, 0.25) is 5.60 Å². The van der Waals surface area contributed by atoms with Crippen molar-refractivity contribution in [3.63, 3.8) is 0 Å². The van der Waals surface area contributed by atoms with Crippen LogP contribution in [0.1, 0.15) is 65.6 Å². The Labute approximate surface area is 265 Å². The maximum Gasteiger partial charge on any atom is 0.349 e. The number of fused-ring (bicyclic) bond motifs is 3. The van der Waals surface area contributed by atoms with Gasteiger partial charge in [-0.15, -0.1) is 27.8 Å². The number of aromatic nitrogens is 3. The number of thiophene rings is 2. The van der Waals surface area contributed by atoms with E-state index in [4.69, 9.17) is 4.74 Å². The number of benzene rings is 1. The number of hydrogen-bond acceptors (Lipinski definition) is 9. The first kappa shape index (κ1) is 29.3. The van der Waals surface area contributed by atoms with Crippen LogP contribution >= 0.6 is 22.7 Å². The van der Waals surface area contributed by atoms with Crippen LogP contribution in [0.25, 0.3) is 16.5 Å². The minimum atomic E-state index is -1.83. The molecule has 0 amide bonds. The van der Waals surface area contributed by atoms with Crippen molar-refractivity contribution in [1.29, 1.82) is 0 Å². The third-order valence-corrected chi connectivity index (χ3v) is 11.6. The zero-order chi connectivity index (χ0) is 30.1. The second-order valence-electron chi connectivity index (χ2n) is 12.0. The number of aryl methyl sites for hydroxylation is 1. The van der Waals surface area contributed by atoms with Crippen molar-refractivity contribution >= 4 is 41.0 Å². The van der Waals surface area contributed by atoms with E-state index in [0.29, 0.717) is 21.6 Å². The molecule has 3 aromatic heterocycles. The predicted octanol–water partition coefficient (Wildman–Crippen LogP) is 5.88. The molecule has 2 aliphatic carbocycles. The van der Waals surface area contributed by atoms with Crippen LogP contribution < -0.4 is 0 Å². The van der Waals surface area contributed by atoms with E-state index in [1.807, 2.05) is 60.0 Å². The molecule has 10 heteroatoms. The molecule has 7 rings (SSSR count). The van der Waals surface area contributed by atoms with Crippen molar-refractivity contribution < 1.29 is 19.4 Å². The second kappa shape index (κ2) is 12.5. The molecule has 1 N–H and O–H groups in total. The zero-order valence-electron chi connectivity index (χ0n) is 24.5. The number of nitrogens with zero attached hydrogens (tertiary/aromatic N) is 4.